The lowest BCUT2D eigenvalue weighted by atomic mass is 9.84. The molecule has 9 heteroatoms. The van der Waals surface area contributed by atoms with Gasteiger partial charge in [0.1, 0.15) is 6.33 Å². The Morgan fingerprint density at radius 3 is 2.44 bits per heavy atom. The van der Waals surface area contributed by atoms with Crippen LogP contribution in [0.15, 0.2) is 76.9 Å². The van der Waals surface area contributed by atoms with Crippen molar-refractivity contribution < 1.29 is 8.42 Å². The van der Waals surface area contributed by atoms with E-state index in [9.17, 15) is 13.2 Å². The van der Waals surface area contributed by atoms with Gasteiger partial charge in [-0.15, -0.1) is 0 Å². The second-order valence-corrected chi connectivity index (χ2v) is 11.8. The summed E-state index contributed by atoms with van der Waals surface area (Å²) in [4.78, 5) is 23.8. The quantitative estimate of drug-likeness (QED) is 0.426. The Kier molecular flexibility index (Phi) is 5.42. The molecule has 0 unspecified atom stereocenters. The van der Waals surface area contributed by atoms with E-state index >= 15 is 0 Å². The van der Waals surface area contributed by atoms with Crippen molar-refractivity contribution >= 4 is 26.5 Å². The maximum atomic E-state index is 14.0. The molecule has 184 valence electrons. The van der Waals surface area contributed by atoms with E-state index in [0.717, 1.165) is 28.6 Å². The van der Waals surface area contributed by atoms with Crippen LogP contribution in [0.4, 0.5) is 5.69 Å². The van der Waals surface area contributed by atoms with E-state index in [0.29, 0.717) is 35.7 Å². The van der Waals surface area contributed by atoms with Crippen LogP contribution in [0.5, 0.6) is 0 Å². The summed E-state index contributed by atoms with van der Waals surface area (Å²) in [5.41, 5.74) is 3.05. The number of pyridine rings is 1. The fraction of sp³-hybridized carbons (Fsp3) is 0.296. The van der Waals surface area contributed by atoms with Crippen molar-refractivity contribution in [3.8, 4) is 11.1 Å². The van der Waals surface area contributed by atoms with E-state index in [1.807, 2.05) is 66.0 Å². The first-order valence-electron chi connectivity index (χ1n) is 12.0. The largest absolute Gasteiger partial charge is 0.377 e. The van der Waals surface area contributed by atoms with Crippen molar-refractivity contribution in [1.29, 1.82) is 0 Å². The number of benzene rings is 2. The highest BCUT2D eigenvalue weighted by molar-refractivity contribution is 7.89. The monoisotopic (exact) mass is 501 g/mol. The van der Waals surface area contributed by atoms with E-state index in [-0.39, 0.29) is 17.4 Å². The van der Waals surface area contributed by atoms with Gasteiger partial charge in [-0.2, -0.15) is 4.31 Å². The van der Waals surface area contributed by atoms with Crippen LogP contribution in [0, 0.1) is 5.92 Å². The molecular formula is C27H27N5O3S. The number of nitrogens with zero attached hydrogens (tertiary/aromatic N) is 5. The van der Waals surface area contributed by atoms with Gasteiger partial charge in [-0.25, -0.2) is 18.4 Å². The minimum Gasteiger partial charge on any atom is -0.377 e. The molecule has 36 heavy (non-hydrogen) atoms. The Bertz CT molecular complexity index is 1630. The molecule has 0 amide bonds. The molecule has 0 saturated carbocycles. The van der Waals surface area contributed by atoms with Gasteiger partial charge in [0.15, 0.2) is 0 Å². The number of sulfonamides is 1. The summed E-state index contributed by atoms with van der Waals surface area (Å²) >= 11 is 0. The first-order valence-corrected chi connectivity index (χ1v) is 13.5. The van der Waals surface area contributed by atoms with Crippen molar-refractivity contribution in [2.45, 2.75) is 23.8 Å². The standard InChI is InChI=1S/C27H27N5O3S/c1-30(2)25-7-3-6-23-22(25)5-4-8-26(23)36(34,35)31-14-18-11-19(16-31)24-10-9-21(27(33)32(24)15-18)20-12-28-17-29-13-20/h3-10,12-13,17-19H,11,14-16H2,1-2H3/t18-,19+/m0/s1. The molecular weight excluding hydrogens is 474 g/mol. The molecule has 2 aromatic heterocycles. The third kappa shape index (κ3) is 3.61. The fourth-order valence-electron chi connectivity index (χ4n) is 5.77. The molecule has 2 aliphatic rings. The molecule has 1 fully saturated rings. The van der Waals surface area contributed by atoms with Crippen LogP contribution >= 0.6 is 0 Å². The zero-order chi connectivity index (χ0) is 25.0. The Morgan fingerprint density at radius 1 is 0.917 bits per heavy atom. The molecule has 2 aromatic carbocycles. The van der Waals surface area contributed by atoms with E-state index < -0.39 is 10.0 Å². The van der Waals surface area contributed by atoms with Gasteiger partial charge in [-0.1, -0.05) is 24.3 Å². The molecule has 0 spiro atoms. The molecule has 0 N–H and O–H groups in total. The van der Waals surface area contributed by atoms with Crippen molar-refractivity contribution in [2.75, 3.05) is 32.1 Å². The van der Waals surface area contributed by atoms with Gasteiger partial charge in [-0.05, 0) is 36.6 Å². The molecule has 0 aliphatic carbocycles. The lowest BCUT2D eigenvalue weighted by Crippen LogP contribution is -2.49. The molecule has 4 aromatic rings. The Labute approximate surface area is 209 Å². The van der Waals surface area contributed by atoms with Gasteiger partial charge in [0, 0.05) is 79.8 Å². The predicted octanol–water partition coefficient (Wildman–Crippen LogP) is 3.33. The Hall–Kier alpha value is -3.56. The maximum absolute atomic E-state index is 14.0. The average Bonchev–Trinajstić information content (AvgIpc) is 2.89. The highest BCUT2D eigenvalue weighted by Gasteiger charge is 2.40. The van der Waals surface area contributed by atoms with Crippen LogP contribution < -0.4 is 10.5 Å². The minimum atomic E-state index is -3.73. The van der Waals surface area contributed by atoms with Crippen LogP contribution in [0.1, 0.15) is 18.0 Å². The Morgan fingerprint density at radius 2 is 1.67 bits per heavy atom. The third-order valence-corrected chi connectivity index (χ3v) is 9.29. The summed E-state index contributed by atoms with van der Waals surface area (Å²) in [6.45, 7) is 1.25. The summed E-state index contributed by atoms with van der Waals surface area (Å²) in [6.07, 6.45) is 5.59. The summed E-state index contributed by atoms with van der Waals surface area (Å²) in [7, 11) is 0.185. The maximum Gasteiger partial charge on any atom is 0.258 e. The summed E-state index contributed by atoms with van der Waals surface area (Å²) in [5.74, 6) is 0.0340. The molecule has 0 radical (unpaired) electrons. The molecule has 4 heterocycles. The van der Waals surface area contributed by atoms with Crippen molar-refractivity contribution in [1.82, 2.24) is 18.8 Å². The highest BCUT2D eigenvalue weighted by Crippen LogP contribution is 2.39. The normalized spacial score (nSPS) is 19.7. The van der Waals surface area contributed by atoms with Gasteiger partial charge >= 0.3 is 0 Å². The van der Waals surface area contributed by atoms with Crippen LogP contribution in [0.25, 0.3) is 21.9 Å². The van der Waals surface area contributed by atoms with E-state index in [1.165, 1.54) is 6.33 Å². The zero-order valence-corrected chi connectivity index (χ0v) is 21.0. The lowest BCUT2D eigenvalue weighted by molar-refractivity contribution is 0.186. The Balaban J connectivity index is 1.37. The van der Waals surface area contributed by atoms with Gasteiger partial charge in [0.2, 0.25) is 10.0 Å². The molecule has 2 aliphatic heterocycles. The summed E-state index contributed by atoms with van der Waals surface area (Å²) < 4.78 is 31.4. The topological polar surface area (TPSA) is 88.4 Å². The SMILES string of the molecule is CN(C)c1cccc2c(S(=O)(=O)N3C[C@@H]4C[C@H](C3)c3ccc(-c5cncnc5)c(=O)n3C4)cccc12. The average molecular weight is 502 g/mol. The third-order valence-electron chi connectivity index (χ3n) is 7.40. The zero-order valence-electron chi connectivity index (χ0n) is 20.2. The first-order chi connectivity index (χ1) is 17.3. The number of anilines is 1. The van der Waals surface area contributed by atoms with Crippen molar-refractivity contribution in [3.05, 3.63) is 83.3 Å². The number of piperidine rings is 1. The molecule has 8 nitrogen and oxygen atoms in total. The van der Waals surface area contributed by atoms with Crippen LogP contribution in [0.2, 0.25) is 0 Å². The molecule has 2 atom stereocenters. The molecule has 1 saturated heterocycles. The summed E-state index contributed by atoms with van der Waals surface area (Å²) in [5, 5.41) is 1.64. The van der Waals surface area contributed by atoms with E-state index in [1.54, 1.807) is 22.8 Å². The smallest absolute Gasteiger partial charge is 0.258 e. The van der Waals surface area contributed by atoms with Crippen LogP contribution in [-0.2, 0) is 16.6 Å². The van der Waals surface area contributed by atoms with Gasteiger partial charge in [0.25, 0.3) is 5.56 Å². The second kappa shape index (κ2) is 8.53. The molecule has 2 bridgehead atoms. The van der Waals surface area contributed by atoms with E-state index in [4.69, 9.17) is 0 Å². The summed E-state index contributed by atoms with van der Waals surface area (Å²) in [6, 6.07) is 15.0. The number of aromatic nitrogens is 3. The number of rotatable bonds is 4. The molecule has 6 rings (SSSR count). The minimum absolute atomic E-state index is 0.0339. The fourth-order valence-corrected chi connectivity index (χ4v) is 7.54. The van der Waals surface area contributed by atoms with E-state index in [2.05, 4.69) is 9.97 Å². The van der Waals surface area contributed by atoms with Crippen molar-refractivity contribution in [2.24, 2.45) is 5.92 Å². The number of fused-ring (bicyclic) bond motifs is 5. The van der Waals surface area contributed by atoms with Gasteiger partial charge in [-0.3, -0.25) is 4.79 Å². The van der Waals surface area contributed by atoms with Crippen LogP contribution in [-0.4, -0.2) is 54.4 Å². The first kappa shape index (κ1) is 22.9. The lowest BCUT2D eigenvalue weighted by Gasteiger charge is -2.42. The van der Waals surface area contributed by atoms with Gasteiger partial charge in [0.05, 0.1) is 10.5 Å². The van der Waals surface area contributed by atoms with Gasteiger partial charge < -0.3 is 9.47 Å². The number of hydrogen-bond acceptors (Lipinski definition) is 6. The highest BCUT2D eigenvalue weighted by atomic mass is 32.2. The second-order valence-electron chi connectivity index (χ2n) is 9.86. The number of hydrogen-bond donors (Lipinski definition) is 0. The van der Waals surface area contributed by atoms with Crippen molar-refractivity contribution in [3.63, 3.8) is 0 Å². The van der Waals surface area contributed by atoms with Crippen LogP contribution in [0.3, 0.4) is 0 Å². The predicted molar refractivity (Wildman–Crippen MR) is 140 cm³/mol.